The minimum atomic E-state index is -0.172. The maximum absolute atomic E-state index is 12.8. The third kappa shape index (κ3) is 5.20. The molecule has 0 spiro atoms. The van der Waals surface area contributed by atoms with Crippen molar-refractivity contribution in [2.75, 3.05) is 13.2 Å². The summed E-state index contributed by atoms with van der Waals surface area (Å²) in [7, 11) is 0. The number of aromatic nitrogens is 2. The molecule has 4 aromatic carbocycles. The molecule has 5 nitrogen and oxygen atoms in total. The number of nitrogens with one attached hydrogen (secondary N) is 1. The molecule has 5 aromatic rings. The van der Waals surface area contributed by atoms with E-state index in [0.29, 0.717) is 24.2 Å². The Bertz CT molecular complexity index is 1450. The summed E-state index contributed by atoms with van der Waals surface area (Å²) < 4.78 is 5.70. The van der Waals surface area contributed by atoms with Crippen LogP contribution < -0.4 is 10.1 Å². The topological polar surface area (TPSA) is 64.1 Å². The third-order valence-corrected chi connectivity index (χ3v) is 5.70. The highest BCUT2D eigenvalue weighted by molar-refractivity contribution is 5.98. The highest BCUT2D eigenvalue weighted by Crippen LogP contribution is 2.31. The average molecular weight is 460 g/mol. The van der Waals surface area contributed by atoms with Crippen molar-refractivity contribution in [1.82, 2.24) is 15.3 Å². The highest BCUT2D eigenvalue weighted by atomic mass is 16.5. The summed E-state index contributed by atoms with van der Waals surface area (Å²) in [5.74, 6) is 0.614. The van der Waals surface area contributed by atoms with Crippen molar-refractivity contribution in [1.29, 1.82) is 0 Å². The number of carbonyl (C=O) groups excluding carboxylic acids is 1. The predicted molar refractivity (Wildman–Crippen MR) is 139 cm³/mol. The zero-order valence-corrected chi connectivity index (χ0v) is 19.4. The molecule has 0 unspecified atom stereocenters. The molecule has 5 rings (SSSR count). The molecule has 0 radical (unpaired) electrons. The molecule has 0 aliphatic carbocycles. The molecule has 0 bridgehead atoms. The standard InChI is InChI=1S/C30H25N3O2/c1-21-12-15-25(16-13-21)35-19-18-31-30(34)24-14-17-26-27(20-24)33-29(23-10-6-3-7-11-23)28(32-26)22-8-4-2-5-9-22/h2-17,20H,18-19H2,1H3,(H,31,34). The maximum Gasteiger partial charge on any atom is 0.251 e. The van der Waals surface area contributed by atoms with Gasteiger partial charge in [-0.3, -0.25) is 4.79 Å². The number of benzene rings is 4. The second-order valence-corrected chi connectivity index (χ2v) is 8.27. The first kappa shape index (κ1) is 22.3. The molecule has 1 N–H and O–H groups in total. The van der Waals surface area contributed by atoms with Gasteiger partial charge in [-0.1, -0.05) is 78.4 Å². The van der Waals surface area contributed by atoms with Crippen molar-refractivity contribution in [3.05, 3.63) is 114 Å². The summed E-state index contributed by atoms with van der Waals surface area (Å²) in [5.41, 5.74) is 6.70. The van der Waals surface area contributed by atoms with Gasteiger partial charge >= 0.3 is 0 Å². The van der Waals surface area contributed by atoms with E-state index in [-0.39, 0.29) is 5.91 Å². The molecular weight excluding hydrogens is 434 g/mol. The smallest absolute Gasteiger partial charge is 0.251 e. The van der Waals surface area contributed by atoms with E-state index in [1.54, 1.807) is 12.1 Å². The summed E-state index contributed by atoms with van der Waals surface area (Å²) in [6.45, 7) is 2.82. The molecule has 172 valence electrons. The van der Waals surface area contributed by atoms with Gasteiger partial charge in [0.2, 0.25) is 0 Å². The van der Waals surface area contributed by atoms with Crippen molar-refractivity contribution in [3.63, 3.8) is 0 Å². The van der Waals surface area contributed by atoms with Gasteiger partial charge in [-0.05, 0) is 37.3 Å². The molecule has 1 heterocycles. The molecule has 0 saturated carbocycles. The fourth-order valence-electron chi connectivity index (χ4n) is 3.86. The quantitative estimate of drug-likeness (QED) is 0.300. The van der Waals surface area contributed by atoms with E-state index in [0.717, 1.165) is 33.8 Å². The first-order chi connectivity index (χ1) is 17.2. The molecule has 0 atom stereocenters. The van der Waals surface area contributed by atoms with Gasteiger partial charge in [-0.2, -0.15) is 0 Å². The van der Waals surface area contributed by atoms with Crippen LogP contribution in [0.15, 0.2) is 103 Å². The number of amides is 1. The lowest BCUT2D eigenvalue weighted by molar-refractivity contribution is 0.0947. The largest absolute Gasteiger partial charge is 0.492 e. The fourth-order valence-corrected chi connectivity index (χ4v) is 3.86. The van der Waals surface area contributed by atoms with E-state index in [9.17, 15) is 4.79 Å². The molecule has 1 aromatic heterocycles. The Balaban J connectivity index is 1.38. The summed E-state index contributed by atoms with van der Waals surface area (Å²) in [6, 6.07) is 33.3. The van der Waals surface area contributed by atoms with E-state index >= 15 is 0 Å². The molecule has 0 saturated heterocycles. The second-order valence-electron chi connectivity index (χ2n) is 8.27. The van der Waals surface area contributed by atoms with Crippen molar-refractivity contribution in [3.8, 4) is 28.3 Å². The zero-order valence-electron chi connectivity index (χ0n) is 19.4. The Morgan fingerprint density at radius 1 is 0.743 bits per heavy atom. The van der Waals surface area contributed by atoms with E-state index < -0.39 is 0 Å². The van der Waals surface area contributed by atoms with Crippen molar-refractivity contribution >= 4 is 16.9 Å². The number of hydrogen-bond donors (Lipinski definition) is 1. The Hall–Kier alpha value is -4.51. The lowest BCUT2D eigenvalue weighted by atomic mass is 10.0. The fraction of sp³-hybridized carbons (Fsp3) is 0.100. The van der Waals surface area contributed by atoms with Crippen LogP contribution >= 0.6 is 0 Å². The highest BCUT2D eigenvalue weighted by Gasteiger charge is 2.14. The van der Waals surface area contributed by atoms with Crippen LogP contribution in [0.3, 0.4) is 0 Å². The van der Waals surface area contributed by atoms with E-state index in [4.69, 9.17) is 14.7 Å². The Kier molecular flexibility index (Phi) is 6.48. The Morgan fingerprint density at radius 3 is 1.97 bits per heavy atom. The normalized spacial score (nSPS) is 10.8. The Labute approximate surface area is 204 Å². The summed E-state index contributed by atoms with van der Waals surface area (Å²) in [4.78, 5) is 22.6. The first-order valence-electron chi connectivity index (χ1n) is 11.6. The lowest BCUT2D eigenvalue weighted by Crippen LogP contribution is -2.28. The van der Waals surface area contributed by atoms with Crippen LogP contribution in [0.4, 0.5) is 0 Å². The summed E-state index contributed by atoms with van der Waals surface area (Å²) in [5, 5.41) is 2.92. The minimum Gasteiger partial charge on any atom is -0.492 e. The monoisotopic (exact) mass is 459 g/mol. The Morgan fingerprint density at radius 2 is 1.34 bits per heavy atom. The molecule has 5 heteroatoms. The van der Waals surface area contributed by atoms with Gasteiger partial charge in [0.25, 0.3) is 5.91 Å². The van der Waals surface area contributed by atoms with Crippen LogP contribution in [-0.4, -0.2) is 29.0 Å². The van der Waals surface area contributed by atoms with Gasteiger partial charge < -0.3 is 10.1 Å². The van der Waals surface area contributed by atoms with Crippen LogP contribution in [0.2, 0.25) is 0 Å². The number of nitrogens with zero attached hydrogens (tertiary/aromatic N) is 2. The van der Waals surface area contributed by atoms with Gasteiger partial charge in [0.15, 0.2) is 0 Å². The number of carbonyl (C=O) groups is 1. The molecular formula is C30H25N3O2. The number of aryl methyl sites for hydroxylation is 1. The molecule has 0 fully saturated rings. The van der Waals surface area contributed by atoms with Gasteiger partial charge in [0.1, 0.15) is 12.4 Å². The van der Waals surface area contributed by atoms with E-state index in [1.165, 1.54) is 5.56 Å². The van der Waals surface area contributed by atoms with E-state index in [1.807, 2.05) is 97.9 Å². The minimum absolute atomic E-state index is 0.172. The van der Waals surface area contributed by atoms with Crippen molar-refractivity contribution in [2.24, 2.45) is 0 Å². The number of ether oxygens (including phenoxy) is 1. The van der Waals surface area contributed by atoms with Crippen LogP contribution in [0.1, 0.15) is 15.9 Å². The molecule has 0 aliphatic heterocycles. The van der Waals surface area contributed by atoms with Gasteiger partial charge in [0, 0.05) is 16.7 Å². The SMILES string of the molecule is Cc1ccc(OCCNC(=O)c2ccc3nc(-c4ccccc4)c(-c4ccccc4)nc3c2)cc1. The third-order valence-electron chi connectivity index (χ3n) is 5.70. The second kappa shape index (κ2) is 10.2. The lowest BCUT2D eigenvalue weighted by Gasteiger charge is -2.12. The average Bonchev–Trinajstić information content (AvgIpc) is 2.92. The van der Waals surface area contributed by atoms with Gasteiger partial charge in [-0.15, -0.1) is 0 Å². The number of rotatable bonds is 7. The molecule has 1 amide bonds. The maximum atomic E-state index is 12.8. The van der Waals surface area contributed by atoms with Crippen LogP contribution in [0.25, 0.3) is 33.5 Å². The van der Waals surface area contributed by atoms with Gasteiger partial charge in [-0.25, -0.2) is 9.97 Å². The van der Waals surface area contributed by atoms with Crippen LogP contribution in [0, 0.1) is 6.92 Å². The van der Waals surface area contributed by atoms with Crippen LogP contribution in [0.5, 0.6) is 5.75 Å². The first-order valence-corrected chi connectivity index (χ1v) is 11.6. The molecule has 0 aliphatic rings. The van der Waals surface area contributed by atoms with Gasteiger partial charge in [0.05, 0.1) is 29.0 Å². The molecule has 35 heavy (non-hydrogen) atoms. The van der Waals surface area contributed by atoms with E-state index in [2.05, 4.69) is 5.32 Å². The number of fused-ring (bicyclic) bond motifs is 1. The summed E-state index contributed by atoms with van der Waals surface area (Å²) >= 11 is 0. The number of hydrogen-bond acceptors (Lipinski definition) is 4. The van der Waals surface area contributed by atoms with Crippen molar-refractivity contribution < 1.29 is 9.53 Å². The zero-order chi connectivity index (χ0) is 24.0. The van der Waals surface area contributed by atoms with Crippen LogP contribution in [-0.2, 0) is 0 Å². The predicted octanol–water partition coefficient (Wildman–Crippen LogP) is 6.08. The summed E-state index contributed by atoms with van der Waals surface area (Å²) in [6.07, 6.45) is 0. The van der Waals surface area contributed by atoms with Crippen molar-refractivity contribution in [2.45, 2.75) is 6.92 Å².